The average Bonchev–Trinajstić information content (AvgIpc) is 3.48. The molecule has 5 nitrogen and oxygen atoms in total. The van der Waals surface area contributed by atoms with E-state index in [-0.39, 0.29) is 23.5 Å². The summed E-state index contributed by atoms with van der Waals surface area (Å²) in [6.45, 7) is 3.83. The summed E-state index contributed by atoms with van der Waals surface area (Å²) in [6, 6.07) is 13.9. The van der Waals surface area contributed by atoms with Gasteiger partial charge in [-0.05, 0) is 74.6 Å². The van der Waals surface area contributed by atoms with Gasteiger partial charge in [-0.25, -0.2) is 9.37 Å². The lowest BCUT2D eigenvalue weighted by molar-refractivity contribution is 0.0944. The number of aryl methyl sites for hydroxylation is 1. The second kappa shape index (κ2) is 9.97. The summed E-state index contributed by atoms with van der Waals surface area (Å²) >= 11 is 1.54. The van der Waals surface area contributed by atoms with Crippen LogP contribution in [0.25, 0.3) is 22.4 Å². The fourth-order valence-electron chi connectivity index (χ4n) is 5.36. The minimum Gasteiger partial charge on any atom is -0.504 e. The molecular weight excluding hydrogens is 475 g/mol. The van der Waals surface area contributed by atoms with Crippen LogP contribution in [0.2, 0.25) is 0 Å². The van der Waals surface area contributed by atoms with Gasteiger partial charge in [-0.15, -0.1) is 11.3 Å². The van der Waals surface area contributed by atoms with E-state index >= 15 is 0 Å². The summed E-state index contributed by atoms with van der Waals surface area (Å²) in [7, 11) is 0. The molecule has 1 N–H and O–H groups in total. The van der Waals surface area contributed by atoms with Crippen LogP contribution in [0.15, 0.2) is 48.5 Å². The molecule has 1 fully saturated rings. The second-order valence-electron chi connectivity index (χ2n) is 9.65. The molecule has 2 atom stereocenters. The molecule has 1 aliphatic carbocycles. The highest BCUT2D eigenvalue weighted by atomic mass is 32.1. The molecule has 0 aliphatic heterocycles. The number of thiophene rings is 1. The number of imidazole rings is 1. The first kappa shape index (κ1) is 24.4. The van der Waals surface area contributed by atoms with E-state index in [2.05, 4.69) is 4.57 Å². The lowest BCUT2D eigenvalue weighted by Crippen LogP contribution is -2.22. The second-order valence-corrected chi connectivity index (χ2v) is 10.9. The predicted molar refractivity (Wildman–Crippen MR) is 140 cm³/mol. The number of halogens is 1. The van der Waals surface area contributed by atoms with Gasteiger partial charge in [0.2, 0.25) is 0 Å². The Hall–Kier alpha value is -3.32. The topological polar surface area (TPSA) is 72.2 Å². The van der Waals surface area contributed by atoms with Gasteiger partial charge in [0, 0.05) is 29.3 Å². The first-order valence-corrected chi connectivity index (χ1v) is 13.3. The Morgan fingerprint density at radius 2 is 1.97 bits per heavy atom. The number of phenolic OH excluding ortho intramolecular Hbond substituents is 1. The van der Waals surface area contributed by atoms with Gasteiger partial charge in [0.25, 0.3) is 0 Å². The molecule has 1 saturated carbocycles. The normalized spacial score (nSPS) is 18.0. The van der Waals surface area contributed by atoms with Gasteiger partial charge in [-0.2, -0.15) is 0 Å². The summed E-state index contributed by atoms with van der Waals surface area (Å²) in [5.41, 5.74) is 2.39. The Morgan fingerprint density at radius 1 is 1.14 bits per heavy atom. The van der Waals surface area contributed by atoms with Crippen LogP contribution in [0.5, 0.6) is 5.75 Å². The highest BCUT2D eigenvalue weighted by molar-refractivity contribution is 7.14. The van der Waals surface area contributed by atoms with Crippen molar-refractivity contribution in [2.45, 2.75) is 58.4 Å². The number of carbonyl (C=O) groups is 2. The van der Waals surface area contributed by atoms with E-state index < -0.39 is 11.6 Å². The van der Waals surface area contributed by atoms with Crippen molar-refractivity contribution < 1.29 is 19.1 Å². The third-order valence-electron chi connectivity index (χ3n) is 7.17. The van der Waals surface area contributed by atoms with Crippen LogP contribution in [0, 0.1) is 18.7 Å². The van der Waals surface area contributed by atoms with E-state index in [0.29, 0.717) is 35.3 Å². The van der Waals surface area contributed by atoms with Crippen molar-refractivity contribution in [3.63, 3.8) is 0 Å². The Labute approximate surface area is 213 Å². The van der Waals surface area contributed by atoms with Crippen molar-refractivity contribution in [1.82, 2.24) is 9.55 Å². The maximum atomic E-state index is 14.3. The number of benzene rings is 2. The molecule has 0 radical (unpaired) electrons. The van der Waals surface area contributed by atoms with Gasteiger partial charge < -0.3 is 9.67 Å². The van der Waals surface area contributed by atoms with E-state index in [0.717, 1.165) is 41.0 Å². The molecule has 4 aromatic rings. The average molecular weight is 505 g/mol. The highest BCUT2D eigenvalue weighted by Gasteiger charge is 2.30. The standard InChI is InChI=1S/C29H29FN2O3S/c1-3-25(33)19-11-12-24-23(16-19)31-29(21-8-5-9-22(30)28(21)35)32(24)20-7-4-6-18(14-20)15-26(34)27-13-10-17(2)36-27/h5,8-13,16,18,20,35H,3-4,6-7,14-15H2,1-2H3/t18-,20+/m1/s1. The zero-order valence-electron chi connectivity index (χ0n) is 20.5. The monoisotopic (exact) mass is 504 g/mol. The first-order valence-electron chi connectivity index (χ1n) is 12.5. The van der Waals surface area contributed by atoms with Crippen LogP contribution in [0.3, 0.4) is 0 Å². The minimum atomic E-state index is -0.702. The zero-order valence-corrected chi connectivity index (χ0v) is 21.3. The molecule has 0 bridgehead atoms. The zero-order chi connectivity index (χ0) is 25.4. The van der Waals surface area contributed by atoms with E-state index in [1.165, 1.54) is 17.4 Å². The Bertz CT molecular complexity index is 1450. The van der Waals surface area contributed by atoms with Crippen LogP contribution in [-0.2, 0) is 0 Å². The summed E-state index contributed by atoms with van der Waals surface area (Å²) < 4.78 is 16.4. The van der Waals surface area contributed by atoms with Crippen molar-refractivity contribution in [2.24, 2.45) is 5.92 Å². The Kier molecular flexibility index (Phi) is 6.75. The van der Waals surface area contributed by atoms with Crippen LogP contribution in [0.1, 0.15) is 76.4 Å². The molecule has 36 heavy (non-hydrogen) atoms. The molecule has 0 amide bonds. The van der Waals surface area contributed by atoms with Gasteiger partial charge in [-0.3, -0.25) is 9.59 Å². The third-order valence-corrected chi connectivity index (χ3v) is 8.21. The number of aromatic nitrogens is 2. The van der Waals surface area contributed by atoms with Crippen LogP contribution in [0.4, 0.5) is 4.39 Å². The van der Waals surface area contributed by atoms with Gasteiger partial charge in [-0.1, -0.05) is 19.4 Å². The van der Waals surface area contributed by atoms with Crippen molar-refractivity contribution in [3.05, 3.63) is 69.7 Å². The van der Waals surface area contributed by atoms with Gasteiger partial charge >= 0.3 is 0 Å². The number of para-hydroxylation sites is 1. The molecule has 2 aromatic heterocycles. The number of hydrogen-bond donors (Lipinski definition) is 1. The van der Waals surface area contributed by atoms with E-state index in [1.54, 1.807) is 18.2 Å². The molecule has 0 spiro atoms. The van der Waals surface area contributed by atoms with Crippen LogP contribution >= 0.6 is 11.3 Å². The van der Waals surface area contributed by atoms with Crippen molar-refractivity contribution in [3.8, 4) is 17.1 Å². The molecule has 186 valence electrons. The molecule has 2 aromatic carbocycles. The molecule has 1 aliphatic rings. The van der Waals surface area contributed by atoms with Crippen LogP contribution in [-0.4, -0.2) is 26.2 Å². The van der Waals surface area contributed by atoms with Crippen molar-refractivity contribution in [2.75, 3.05) is 0 Å². The number of carbonyl (C=O) groups excluding carboxylic acids is 2. The van der Waals surface area contributed by atoms with Gasteiger partial charge in [0.1, 0.15) is 5.82 Å². The molecule has 0 saturated heterocycles. The number of rotatable bonds is 7. The van der Waals surface area contributed by atoms with Gasteiger partial charge in [0.05, 0.1) is 21.5 Å². The van der Waals surface area contributed by atoms with Crippen molar-refractivity contribution in [1.29, 1.82) is 0 Å². The SMILES string of the molecule is CCC(=O)c1ccc2c(c1)nc(-c1cccc(F)c1O)n2[C@H]1CCC[C@@H](CC(=O)c2ccc(C)s2)C1. The van der Waals surface area contributed by atoms with Crippen LogP contribution < -0.4 is 0 Å². The molecule has 7 heteroatoms. The maximum absolute atomic E-state index is 14.3. The smallest absolute Gasteiger partial charge is 0.173 e. The lowest BCUT2D eigenvalue weighted by atomic mass is 9.82. The number of phenols is 1. The molecule has 0 unspecified atom stereocenters. The van der Waals surface area contributed by atoms with E-state index in [9.17, 15) is 19.1 Å². The number of Topliss-reactive ketones (excluding diaryl/α,β-unsaturated/α-hetero) is 2. The molecular formula is C29H29FN2O3S. The fourth-order valence-corrected chi connectivity index (χ4v) is 6.18. The summed E-state index contributed by atoms with van der Waals surface area (Å²) in [5, 5.41) is 10.6. The fraction of sp³-hybridized carbons (Fsp3) is 0.345. The summed E-state index contributed by atoms with van der Waals surface area (Å²) in [4.78, 5) is 32.0. The van der Waals surface area contributed by atoms with E-state index in [4.69, 9.17) is 4.98 Å². The highest BCUT2D eigenvalue weighted by Crippen LogP contribution is 2.42. The lowest BCUT2D eigenvalue weighted by Gasteiger charge is -2.31. The first-order chi connectivity index (χ1) is 17.4. The van der Waals surface area contributed by atoms with E-state index in [1.807, 2.05) is 38.1 Å². The maximum Gasteiger partial charge on any atom is 0.173 e. The molecule has 2 heterocycles. The third kappa shape index (κ3) is 4.60. The molecule has 5 rings (SSSR count). The number of fused-ring (bicyclic) bond motifs is 1. The summed E-state index contributed by atoms with van der Waals surface area (Å²) in [6.07, 6.45) is 4.53. The largest absolute Gasteiger partial charge is 0.504 e. The quantitative estimate of drug-likeness (QED) is 0.264. The van der Waals surface area contributed by atoms with Crippen molar-refractivity contribution >= 4 is 33.9 Å². The summed E-state index contributed by atoms with van der Waals surface area (Å²) in [5.74, 6) is -0.220. The van der Waals surface area contributed by atoms with Gasteiger partial charge in [0.15, 0.2) is 23.1 Å². The number of nitrogens with zero attached hydrogens (tertiary/aromatic N) is 2. The Morgan fingerprint density at radius 3 is 2.72 bits per heavy atom. The Balaban J connectivity index is 1.54. The minimum absolute atomic E-state index is 0.0293. The predicted octanol–water partition coefficient (Wildman–Crippen LogP) is 7.51. The number of aromatic hydroxyl groups is 1. The number of ketones is 2. The number of hydrogen-bond acceptors (Lipinski definition) is 5.